The van der Waals surface area contributed by atoms with E-state index >= 15 is 0 Å². The maximum absolute atomic E-state index is 11.9. The van der Waals surface area contributed by atoms with E-state index in [-0.39, 0.29) is 18.8 Å². The number of carbonyl (C=O) groups excluding carboxylic acids is 1. The van der Waals surface area contributed by atoms with E-state index in [0.29, 0.717) is 23.3 Å². The SMILES string of the molecule is C#CCCCOC(=O)c1cc2c(cc1Cl)COB2O. The fourth-order valence-corrected chi connectivity index (χ4v) is 2.08. The summed E-state index contributed by atoms with van der Waals surface area (Å²) in [5.41, 5.74) is 1.56. The molecule has 0 atom stereocenters. The van der Waals surface area contributed by atoms with Crippen LogP contribution in [0.5, 0.6) is 0 Å². The van der Waals surface area contributed by atoms with E-state index in [0.717, 1.165) is 5.56 Å². The molecule has 1 heterocycles. The van der Waals surface area contributed by atoms with Crippen LogP contribution in [0.25, 0.3) is 0 Å². The van der Waals surface area contributed by atoms with Crippen molar-refractivity contribution < 1.29 is 19.2 Å². The third-order valence-corrected chi connectivity index (χ3v) is 3.12. The molecule has 1 aromatic rings. The van der Waals surface area contributed by atoms with Gasteiger partial charge in [0.15, 0.2) is 0 Å². The summed E-state index contributed by atoms with van der Waals surface area (Å²) in [4.78, 5) is 11.9. The highest BCUT2D eigenvalue weighted by atomic mass is 35.5. The number of carbonyl (C=O) groups is 1. The van der Waals surface area contributed by atoms with E-state index in [2.05, 4.69) is 5.92 Å². The second-order valence-electron chi connectivity index (χ2n) is 4.14. The summed E-state index contributed by atoms with van der Waals surface area (Å²) in [6.45, 7) is 0.531. The maximum atomic E-state index is 11.9. The average molecular weight is 278 g/mol. The Morgan fingerprint density at radius 3 is 3.16 bits per heavy atom. The minimum Gasteiger partial charge on any atom is -0.462 e. The Kier molecular flexibility index (Phi) is 4.49. The van der Waals surface area contributed by atoms with Crippen LogP contribution in [0.1, 0.15) is 28.8 Å². The molecule has 1 aliphatic rings. The molecule has 0 aromatic heterocycles. The van der Waals surface area contributed by atoms with Crippen molar-refractivity contribution in [2.24, 2.45) is 0 Å². The van der Waals surface area contributed by atoms with Gasteiger partial charge in [0.1, 0.15) is 0 Å². The van der Waals surface area contributed by atoms with Crippen molar-refractivity contribution in [2.75, 3.05) is 6.61 Å². The van der Waals surface area contributed by atoms with Crippen LogP contribution in [-0.4, -0.2) is 24.7 Å². The van der Waals surface area contributed by atoms with Gasteiger partial charge in [0.2, 0.25) is 0 Å². The number of rotatable bonds is 4. The van der Waals surface area contributed by atoms with E-state index in [9.17, 15) is 9.82 Å². The average Bonchev–Trinajstić information content (AvgIpc) is 2.74. The summed E-state index contributed by atoms with van der Waals surface area (Å²) in [6.07, 6.45) is 6.27. The van der Waals surface area contributed by atoms with Crippen LogP contribution in [0.3, 0.4) is 0 Å². The zero-order valence-electron chi connectivity index (χ0n) is 10.2. The van der Waals surface area contributed by atoms with Crippen LogP contribution in [0.2, 0.25) is 5.02 Å². The zero-order valence-corrected chi connectivity index (χ0v) is 10.9. The Labute approximate surface area is 116 Å². The highest BCUT2D eigenvalue weighted by Crippen LogP contribution is 2.21. The molecule has 0 aliphatic carbocycles. The van der Waals surface area contributed by atoms with Gasteiger partial charge in [-0.25, -0.2) is 4.79 Å². The molecular weight excluding hydrogens is 266 g/mol. The quantitative estimate of drug-likeness (QED) is 0.388. The normalized spacial score (nSPS) is 13.0. The summed E-state index contributed by atoms with van der Waals surface area (Å²) in [7, 11) is -1.01. The van der Waals surface area contributed by atoms with E-state index in [1.807, 2.05) is 0 Å². The molecule has 0 unspecified atom stereocenters. The highest BCUT2D eigenvalue weighted by Gasteiger charge is 2.29. The molecule has 0 amide bonds. The highest BCUT2D eigenvalue weighted by molar-refractivity contribution is 6.61. The smallest absolute Gasteiger partial charge is 0.462 e. The predicted molar refractivity (Wildman–Crippen MR) is 72.2 cm³/mol. The third-order valence-electron chi connectivity index (χ3n) is 2.81. The van der Waals surface area contributed by atoms with Crippen LogP contribution >= 0.6 is 11.6 Å². The lowest BCUT2D eigenvalue weighted by Crippen LogP contribution is -2.29. The third kappa shape index (κ3) is 3.10. The first-order valence-electron chi connectivity index (χ1n) is 5.86. The van der Waals surface area contributed by atoms with Gasteiger partial charge < -0.3 is 14.4 Å². The molecule has 0 saturated heterocycles. The summed E-state index contributed by atoms with van der Waals surface area (Å²) in [5, 5.41) is 9.88. The minimum absolute atomic E-state index is 0.227. The number of benzene rings is 1. The van der Waals surface area contributed by atoms with Crippen molar-refractivity contribution in [2.45, 2.75) is 19.4 Å². The molecule has 1 N–H and O–H groups in total. The Morgan fingerprint density at radius 1 is 1.63 bits per heavy atom. The molecule has 0 bridgehead atoms. The lowest BCUT2D eigenvalue weighted by atomic mass is 9.79. The van der Waals surface area contributed by atoms with Gasteiger partial charge in [-0.05, 0) is 29.6 Å². The fourth-order valence-electron chi connectivity index (χ4n) is 1.82. The maximum Gasteiger partial charge on any atom is 0.491 e. The lowest BCUT2D eigenvalue weighted by molar-refractivity contribution is 0.0502. The summed E-state index contributed by atoms with van der Waals surface area (Å²) >= 11 is 6.02. The molecule has 4 nitrogen and oxygen atoms in total. The van der Waals surface area contributed by atoms with Crippen LogP contribution < -0.4 is 5.46 Å². The number of fused-ring (bicyclic) bond motifs is 1. The second-order valence-corrected chi connectivity index (χ2v) is 4.55. The molecule has 0 fully saturated rings. The molecule has 6 heteroatoms. The summed E-state index contributed by atoms with van der Waals surface area (Å²) in [5.74, 6) is 1.94. The number of halogens is 1. The monoisotopic (exact) mass is 278 g/mol. The first kappa shape index (κ1) is 13.9. The van der Waals surface area contributed by atoms with Crippen molar-refractivity contribution in [1.29, 1.82) is 0 Å². The molecule has 19 heavy (non-hydrogen) atoms. The first-order chi connectivity index (χ1) is 9.13. The van der Waals surface area contributed by atoms with Gasteiger partial charge in [-0.1, -0.05) is 11.6 Å². The molecule has 1 aromatic carbocycles. The van der Waals surface area contributed by atoms with Crippen molar-refractivity contribution in [3.05, 3.63) is 28.3 Å². The number of hydrogen-bond acceptors (Lipinski definition) is 4. The number of unbranched alkanes of at least 4 members (excludes halogenated alkanes) is 1. The summed E-state index contributed by atoms with van der Waals surface area (Å²) in [6, 6.07) is 3.13. The predicted octanol–water partition coefficient (Wildman–Crippen LogP) is 1.13. The number of esters is 1. The molecule has 2 rings (SSSR count). The molecule has 0 spiro atoms. The van der Waals surface area contributed by atoms with Crippen LogP contribution in [0.4, 0.5) is 0 Å². The Balaban J connectivity index is 2.10. The fraction of sp³-hybridized carbons (Fsp3) is 0.308. The van der Waals surface area contributed by atoms with Gasteiger partial charge in [0, 0.05) is 6.42 Å². The van der Waals surface area contributed by atoms with E-state index in [4.69, 9.17) is 27.4 Å². The van der Waals surface area contributed by atoms with E-state index in [1.54, 1.807) is 6.07 Å². The molecular formula is C13H12BClO4. The second kappa shape index (κ2) is 6.11. The van der Waals surface area contributed by atoms with E-state index in [1.165, 1.54) is 6.07 Å². The zero-order chi connectivity index (χ0) is 13.8. The molecule has 0 saturated carbocycles. The van der Waals surface area contributed by atoms with Gasteiger partial charge in [-0.2, -0.15) is 0 Å². The van der Waals surface area contributed by atoms with Crippen molar-refractivity contribution in [3.63, 3.8) is 0 Å². The molecule has 98 valence electrons. The van der Waals surface area contributed by atoms with Crippen LogP contribution in [0.15, 0.2) is 12.1 Å². The summed E-state index contributed by atoms with van der Waals surface area (Å²) < 4.78 is 10.1. The van der Waals surface area contributed by atoms with E-state index < -0.39 is 13.1 Å². The van der Waals surface area contributed by atoms with Gasteiger partial charge in [-0.3, -0.25) is 0 Å². The van der Waals surface area contributed by atoms with Gasteiger partial charge in [0.25, 0.3) is 0 Å². The Hall–Kier alpha value is -1.48. The molecule has 0 radical (unpaired) electrons. The number of ether oxygens (including phenoxy) is 1. The number of terminal acetylenes is 1. The minimum atomic E-state index is -1.01. The van der Waals surface area contributed by atoms with Gasteiger partial charge in [-0.15, -0.1) is 12.3 Å². The van der Waals surface area contributed by atoms with Crippen molar-refractivity contribution >= 4 is 30.2 Å². The Morgan fingerprint density at radius 2 is 2.42 bits per heavy atom. The lowest BCUT2D eigenvalue weighted by Gasteiger charge is -2.07. The Bertz CT molecular complexity index is 538. The van der Waals surface area contributed by atoms with Crippen LogP contribution in [0, 0.1) is 12.3 Å². The number of hydrogen-bond donors (Lipinski definition) is 1. The largest absolute Gasteiger partial charge is 0.491 e. The topological polar surface area (TPSA) is 55.8 Å². The van der Waals surface area contributed by atoms with Crippen LogP contribution in [-0.2, 0) is 16.0 Å². The first-order valence-corrected chi connectivity index (χ1v) is 6.24. The van der Waals surface area contributed by atoms with Crippen molar-refractivity contribution in [3.8, 4) is 12.3 Å². The van der Waals surface area contributed by atoms with Crippen molar-refractivity contribution in [1.82, 2.24) is 0 Å². The molecule has 1 aliphatic heterocycles. The standard InChI is InChI=1S/C13H12BClO4/c1-2-3-4-5-18-13(16)10-7-11-9(6-12(10)15)8-19-14(11)17/h1,6-7,17H,3-5,8H2. The van der Waals surface area contributed by atoms with Gasteiger partial charge >= 0.3 is 13.1 Å². The van der Waals surface area contributed by atoms with Gasteiger partial charge in [0.05, 0.1) is 23.8 Å².